The van der Waals surface area contributed by atoms with Gasteiger partial charge in [0, 0.05) is 19.9 Å². The average Bonchev–Trinajstić information content (AvgIpc) is 2.21. The van der Waals surface area contributed by atoms with E-state index < -0.39 is 46.8 Å². The summed E-state index contributed by atoms with van der Waals surface area (Å²) in [6.45, 7) is -6.50. The van der Waals surface area contributed by atoms with Crippen LogP contribution in [0.15, 0.2) is 12.2 Å². The molecule has 6 heteroatoms. The normalized spacial score (nSPS) is 20.7. The van der Waals surface area contributed by atoms with E-state index in [1.165, 1.54) is 0 Å². The van der Waals surface area contributed by atoms with E-state index in [1.54, 1.807) is 0 Å². The summed E-state index contributed by atoms with van der Waals surface area (Å²) in [7, 11) is 0. The van der Waals surface area contributed by atoms with E-state index >= 15 is 0 Å². The smallest absolute Gasteiger partial charge is 0.418 e. The molecular weight excluding hydrogens is 310 g/mol. The average molecular weight is 324 g/mol. The van der Waals surface area contributed by atoms with Gasteiger partial charge in [-0.3, -0.25) is 0 Å². The van der Waals surface area contributed by atoms with Gasteiger partial charge in [0.15, 0.2) is 0 Å². The summed E-state index contributed by atoms with van der Waals surface area (Å²) < 4.78 is 91.6. The first-order chi connectivity index (χ1) is 9.18. The highest BCUT2D eigenvalue weighted by molar-refractivity contribution is 14.1. The molecule has 2 nitrogen and oxygen atoms in total. The molecule has 1 aromatic rings. The van der Waals surface area contributed by atoms with Crippen LogP contribution in [-0.4, -0.2) is 11.5 Å². The minimum atomic E-state index is -4.92. The lowest BCUT2D eigenvalue weighted by Crippen LogP contribution is -2.08. The van der Waals surface area contributed by atoms with Gasteiger partial charge in [-0.2, -0.15) is 13.2 Å². The van der Waals surface area contributed by atoms with Crippen LogP contribution in [0.4, 0.5) is 13.2 Å². The van der Waals surface area contributed by atoms with Crippen molar-refractivity contribution >= 4 is 22.6 Å². The van der Waals surface area contributed by atoms with Crippen molar-refractivity contribution in [2.75, 3.05) is 6.56 Å². The van der Waals surface area contributed by atoms with Crippen LogP contribution in [0, 0.1) is 3.57 Å². The molecular formula is C8H7F3INO. The summed E-state index contributed by atoms with van der Waals surface area (Å²) in [4.78, 5) is 3.04. The van der Waals surface area contributed by atoms with Gasteiger partial charge in [0.2, 0.25) is 5.88 Å². The second-order valence-corrected chi connectivity index (χ2v) is 3.12. The molecule has 0 unspecified atom stereocenters. The number of hydrogen-bond acceptors (Lipinski definition) is 2. The molecule has 1 rings (SSSR count). The fourth-order valence-corrected chi connectivity index (χ4v) is 1.28. The van der Waals surface area contributed by atoms with E-state index in [-0.39, 0.29) is 0 Å². The lowest BCUT2D eigenvalue weighted by Gasteiger charge is -2.09. The van der Waals surface area contributed by atoms with Crippen LogP contribution in [0.3, 0.4) is 0 Å². The van der Waals surface area contributed by atoms with Crippen molar-refractivity contribution in [2.45, 2.75) is 13.0 Å². The Labute approximate surface area is 102 Å². The van der Waals surface area contributed by atoms with Gasteiger partial charge >= 0.3 is 6.18 Å². The molecule has 14 heavy (non-hydrogen) atoms. The number of rotatable bonds is 2. The number of pyridine rings is 1. The molecule has 0 fully saturated rings. The largest absolute Gasteiger partial charge is 0.478 e. The Morgan fingerprint density at radius 1 is 1.79 bits per heavy atom. The summed E-state index contributed by atoms with van der Waals surface area (Å²) in [5.41, 5.74) is -1.46. The summed E-state index contributed by atoms with van der Waals surface area (Å²) in [5.74, 6) is -0.987. The molecule has 0 aliphatic carbocycles. The first-order valence-corrected chi connectivity index (χ1v) is 4.19. The van der Waals surface area contributed by atoms with Gasteiger partial charge in [-0.15, -0.1) is 0 Å². The topological polar surface area (TPSA) is 22.1 Å². The Bertz CT molecular complexity index is 560. The van der Waals surface area contributed by atoms with E-state index in [1.807, 2.05) is 0 Å². The summed E-state index contributed by atoms with van der Waals surface area (Å²) in [6, 6.07) is -0.938. The molecule has 1 heterocycles. The predicted octanol–water partition coefficient (Wildman–Crippen LogP) is 3.10. The summed E-state index contributed by atoms with van der Waals surface area (Å²) in [5, 5.41) is 0. The van der Waals surface area contributed by atoms with Crippen LogP contribution in [0.2, 0.25) is 0 Å². The lowest BCUT2D eigenvalue weighted by molar-refractivity contribution is -0.138. The molecule has 0 radical (unpaired) electrons. The molecule has 0 amide bonds. The van der Waals surface area contributed by atoms with Gasteiger partial charge in [0.1, 0.15) is 0 Å². The monoisotopic (exact) mass is 324 g/mol. The van der Waals surface area contributed by atoms with Gasteiger partial charge in [-0.1, -0.05) is 0 Å². The van der Waals surface area contributed by atoms with Crippen molar-refractivity contribution in [1.29, 1.82) is 0 Å². The van der Waals surface area contributed by atoms with Gasteiger partial charge in [0.25, 0.3) is 0 Å². The molecule has 0 saturated carbocycles. The molecule has 0 saturated heterocycles. The maximum atomic E-state index is 12.7. The number of nitrogens with zero attached hydrogens (tertiary/aromatic N) is 1. The van der Waals surface area contributed by atoms with Gasteiger partial charge in [-0.05, 0) is 29.4 Å². The van der Waals surface area contributed by atoms with Crippen LogP contribution < -0.4 is 4.74 Å². The minimum Gasteiger partial charge on any atom is -0.478 e. The van der Waals surface area contributed by atoms with Crippen LogP contribution in [-0.2, 0) is 6.18 Å². The molecule has 0 aliphatic heterocycles. The third-order valence-corrected chi connectivity index (χ3v) is 1.95. The third-order valence-electron chi connectivity index (χ3n) is 1.14. The van der Waals surface area contributed by atoms with E-state index in [4.69, 9.17) is 9.60 Å². The van der Waals surface area contributed by atoms with Crippen molar-refractivity contribution in [2.24, 2.45) is 0 Å². The first-order valence-electron chi connectivity index (χ1n) is 6.61. The van der Waals surface area contributed by atoms with Crippen molar-refractivity contribution in [1.82, 2.24) is 4.98 Å². The number of ether oxygens (including phenoxy) is 1. The highest BCUT2D eigenvalue weighted by Gasteiger charge is 2.33. The van der Waals surface area contributed by atoms with E-state index in [0.717, 1.165) is 22.6 Å². The van der Waals surface area contributed by atoms with Gasteiger partial charge < -0.3 is 4.74 Å². The Morgan fingerprint density at radius 3 is 3.07 bits per heavy atom. The number of alkyl halides is 3. The van der Waals surface area contributed by atoms with E-state index in [2.05, 4.69) is 9.72 Å². The number of hydrogen-bond donors (Lipinski definition) is 0. The van der Waals surface area contributed by atoms with Crippen LogP contribution in [0.25, 0.3) is 0 Å². The van der Waals surface area contributed by atoms with Gasteiger partial charge in [-0.25, -0.2) is 4.98 Å². The number of aromatic nitrogens is 1. The molecule has 0 aromatic carbocycles. The van der Waals surface area contributed by atoms with Crippen molar-refractivity contribution < 1.29 is 27.5 Å². The Kier molecular flexibility index (Phi) is 1.55. The van der Waals surface area contributed by atoms with Crippen molar-refractivity contribution in [3.05, 3.63) is 21.3 Å². The van der Waals surface area contributed by atoms with Crippen molar-refractivity contribution in [3.63, 3.8) is 0 Å². The zero-order valence-corrected chi connectivity index (χ0v) is 8.52. The molecule has 0 atom stereocenters. The maximum Gasteiger partial charge on any atom is 0.418 e. The Hall–Kier alpha value is -0.530. The Balaban J connectivity index is 3.38. The van der Waals surface area contributed by atoms with E-state index in [0.29, 0.717) is 0 Å². The molecule has 0 spiro atoms. The zero-order chi connectivity index (χ0) is 16.8. The van der Waals surface area contributed by atoms with Crippen molar-refractivity contribution in [3.8, 4) is 5.88 Å². The molecule has 0 N–H and O–H groups in total. The van der Waals surface area contributed by atoms with Crippen LogP contribution in [0.1, 0.15) is 22.0 Å². The van der Waals surface area contributed by atoms with Crippen LogP contribution in [0.5, 0.6) is 5.88 Å². The second kappa shape index (κ2) is 4.33. The van der Waals surface area contributed by atoms with E-state index in [9.17, 15) is 13.2 Å². The molecule has 0 bridgehead atoms. The quantitative estimate of drug-likeness (QED) is 0.780. The maximum absolute atomic E-state index is 12.7. The predicted molar refractivity (Wildman–Crippen MR) is 53.1 cm³/mol. The minimum absolute atomic E-state index is 0.726. The second-order valence-electron chi connectivity index (χ2n) is 2.04. The fraction of sp³-hybridized carbons (Fsp3) is 0.375. The fourth-order valence-electron chi connectivity index (χ4n) is 0.625. The zero-order valence-electron chi connectivity index (χ0n) is 13.4. The highest BCUT2D eigenvalue weighted by atomic mass is 127. The van der Waals surface area contributed by atoms with Crippen LogP contribution >= 0.6 is 22.6 Å². The Morgan fingerprint density at radius 2 is 2.50 bits per heavy atom. The first kappa shape index (κ1) is 5.00. The third kappa shape index (κ3) is 2.73. The standard InChI is InChI=1S/C8H7F3INO/c1-2-14-7-3-6(12)5(4-13-7)8(9,10)11/h3-4H,2H2,1H3/i1D3,2D2,3D,4D. The van der Waals surface area contributed by atoms with Gasteiger partial charge in [0.05, 0.1) is 17.6 Å². The molecule has 78 valence electrons. The molecule has 1 aromatic heterocycles. The molecule has 0 aliphatic rings. The number of halogens is 4. The highest BCUT2D eigenvalue weighted by Crippen LogP contribution is 2.33. The summed E-state index contributed by atoms with van der Waals surface area (Å²) >= 11 is 1.14. The summed E-state index contributed by atoms with van der Waals surface area (Å²) in [6.07, 6.45) is -6.20. The lowest BCUT2D eigenvalue weighted by atomic mass is 10.3. The SMILES string of the molecule is [2H]c1nc(OC([2H])([2H])C([2H])([2H])[2H])c([2H])c(I)c1C(F)(F)F.